The first-order valence-corrected chi connectivity index (χ1v) is 9.22. The van der Waals surface area contributed by atoms with Crippen LogP contribution in [0.25, 0.3) is 0 Å². The van der Waals surface area contributed by atoms with Crippen LogP contribution in [-0.4, -0.2) is 57.3 Å². The monoisotopic (exact) mass is 375 g/mol. The maximum atomic E-state index is 13.0. The molecule has 0 amide bonds. The zero-order chi connectivity index (χ0) is 18.6. The van der Waals surface area contributed by atoms with Crippen molar-refractivity contribution in [1.82, 2.24) is 0 Å². The highest BCUT2D eigenvalue weighted by atomic mass is 19.1. The number of anilines is 1. The molecular formula is C20H24FN2O4+. The number of aliphatic hydroxyl groups excluding tert-OH is 1. The number of rotatable bonds is 6. The highest BCUT2D eigenvalue weighted by Crippen LogP contribution is 2.35. The van der Waals surface area contributed by atoms with Crippen LogP contribution < -0.4 is 24.0 Å². The minimum atomic E-state index is -0.539. The number of benzene rings is 2. The third-order valence-corrected chi connectivity index (χ3v) is 4.97. The number of halogens is 1. The molecule has 0 bridgehead atoms. The number of nitrogens with one attached hydrogen (secondary N) is 1. The molecule has 144 valence electrons. The number of hydrogen-bond acceptors (Lipinski definition) is 5. The number of ether oxygens (including phenoxy) is 3. The third-order valence-electron chi connectivity index (χ3n) is 4.97. The molecular weight excluding hydrogens is 351 g/mol. The number of piperazine rings is 1. The number of fused-ring (bicyclic) bond motifs is 1. The molecule has 7 heteroatoms. The fraction of sp³-hybridized carbons (Fsp3) is 0.400. The molecule has 0 unspecified atom stereocenters. The first-order valence-electron chi connectivity index (χ1n) is 9.22. The fourth-order valence-electron chi connectivity index (χ4n) is 3.49. The van der Waals surface area contributed by atoms with E-state index in [9.17, 15) is 9.50 Å². The first-order chi connectivity index (χ1) is 13.2. The van der Waals surface area contributed by atoms with Gasteiger partial charge in [0.05, 0.1) is 26.2 Å². The molecule has 1 fully saturated rings. The average molecular weight is 375 g/mol. The summed E-state index contributed by atoms with van der Waals surface area (Å²) < 4.78 is 29.3. The van der Waals surface area contributed by atoms with Crippen LogP contribution in [0.2, 0.25) is 0 Å². The average Bonchev–Trinajstić information content (AvgIpc) is 3.15. The highest BCUT2D eigenvalue weighted by Gasteiger charge is 2.23. The van der Waals surface area contributed by atoms with Gasteiger partial charge in [-0.2, -0.15) is 0 Å². The molecule has 2 N–H and O–H groups in total. The molecule has 2 aromatic carbocycles. The van der Waals surface area contributed by atoms with Crippen LogP contribution in [-0.2, 0) is 0 Å². The molecule has 6 nitrogen and oxygen atoms in total. The van der Waals surface area contributed by atoms with Crippen molar-refractivity contribution < 1.29 is 28.6 Å². The zero-order valence-corrected chi connectivity index (χ0v) is 15.1. The second-order valence-electron chi connectivity index (χ2n) is 6.90. The van der Waals surface area contributed by atoms with Gasteiger partial charge in [-0.05, 0) is 36.4 Å². The van der Waals surface area contributed by atoms with Gasteiger partial charge in [-0.3, -0.25) is 0 Å². The molecule has 4 rings (SSSR count). The van der Waals surface area contributed by atoms with E-state index in [1.165, 1.54) is 17.0 Å². The topological polar surface area (TPSA) is 55.6 Å². The zero-order valence-electron chi connectivity index (χ0n) is 15.1. The molecule has 2 aliphatic heterocycles. The molecule has 2 aromatic rings. The van der Waals surface area contributed by atoms with Gasteiger partial charge < -0.3 is 29.1 Å². The lowest BCUT2D eigenvalue weighted by molar-refractivity contribution is -0.903. The summed E-state index contributed by atoms with van der Waals surface area (Å²) in [6.45, 7) is 4.74. The number of hydrogen-bond donors (Lipinski definition) is 2. The fourth-order valence-corrected chi connectivity index (χ4v) is 3.49. The van der Waals surface area contributed by atoms with Crippen molar-refractivity contribution in [2.75, 3.05) is 51.0 Å². The summed E-state index contributed by atoms with van der Waals surface area (Å²) in [6, 6.07) is 12.0. The van der Waals surface area contributed by atoms with Gasteiger partial charge in [0, 0.05) is 11.8 Å². The van der Waals surface area contributed by atoms with Gasteiger partial charge in [-0.25, -0.2) is 4.39 Å². The van der Waals surface area contributed by atoms with E-state index in [-0.39, 0.29) is 19.2 Å². The molecule has 0 saturated carbocycles. The Kier molecular flexibility index (Phi) is 5.31. The number of nitrogens with zero attached hydrogens (tertiary/aromatic N) is 1. The van der Waals surface area contributed by atoms with Crippen LogP contribution in [0.1, 0.15) is 0 Å². The van der Waals surface area contributed by atoms with E-state index in [1.807, 2.05) is 24.3 Å². The molecule has 1 atom stereocenters. The van der Waals surface area contributed by atoms with Crippen LogP contribution in [0.15, 0.2) is 42.5 Å². The van der Waals surface area contributed by atoms with Gasteiger partial charge in [0.2, 0.25) is 6.79 Å². The summed E-state index contributed by atoms with van der Waals surface area (Å²) in [5.74, 6) is 1.83. The van der Waals surface area contributed by atoms with E-state index in [0.717, 1.165) is 31.9 Å². The van der Waals surface area contributed by atoms with E-state index in [4.69, 9.17) is 14.2 Å². The van der Waals surface area contributed by atoms with Crippen molar-refractivity contribution in [3.8, 4) is 17.2 Å². The summed E-state index contributed by atoms with van der Waals surface area (Å²) in [6.07, 6.45) is -0.539. The van der Waals surface area contributed by atoms with Crippen molar-refractivity contribution in [1.29, 1.82) is 0 Å². The minimum absolute atomic E-state index is 0.214. The Hall–Kier alpha value is -2.51. The summed E-state index contributed by atoms with van der Waals surface area (Å²) in [7, 11) is 0. The molecule has 0 aliphatic carbocycles. The van der Waals surface area contributed by atoms with Crippen molar-refractivity contribution in [3.63, 3.8) is 0 Å². The lowest BCUT2D eigenvalue weighted by Crippen LogP contribution is -3.16. The molecule has 0 aromatic heterocycles. The molecule has 0 spiro atoms. The van der Waals surface area contributed by atoms with Gasteiger partial charge in [-0.1, -0.05) is 0 Å². The van der Waals surface area contributed by atoms with E-state index in [1.54, 1.807) is 6.07 Å². The molecule has 2 aliphatic rings. The maximum Gasteiger partial charge on any atom is 0.231 e. The van der Waals surface area contributed by atoms with Gasteiger partial charge in [0.1, 0.15) is 30.8 Å². The van der Waals surface area contributed by atoms with Crippen molar-refractivity contribution in [2.45, 2.75) is 6.10 Å². The summed E-state index contributed by atoms with van der Waals surface area (Å²) in [5, 5.41) is 10.3. The smallest absolute Gasteiger partial charge is 0.231 e. The molecule has 27 heavy (non-hydrogen) atoms. The first kappa shape index (κ1) is 17.9. The van der Waals surface area contributed by atoms with Crippen LogP contribution in [0.3, 0.4) is 0 Å². The van der Waals surface area contributed by atoms with Gasteiger partial charge in [-0.15, -0.1) is 0 Å². The lowest BCUT2D eigenvalue weighted by Gasteiger charge is -2.34. The highest BCUT2D eigenvalue weighted by molar-refractivity contribution is 5.47. The predicted molar refractivity (Wildman–Crippen MR) is 98.2 cm³/mol. The van der Waals surface area contributed by atoms with Crippen LogP contribution >= 0.6 is 0 Å². The second kappa shape index (κ2) is 8.02. The van der Waals surface area contributed by atoms with Crippen molar-refractivity contribution in [3.05, 3.63) is 48.3 Å². The predicted octanol–water partition coefficient (Wildman–Crippen LogP) is 0.699. The summed E-state index contributed by atoms with van der Waals surface area (Å²) >= 11 is 0. The van der Waals surface area contributed by atoms with Crippen molar-refractivity contribution in [2.24, 2.45) is 0 Å². The lowest BCUT2D eigenvalue weighted by atomic mass is 10.2. The van der Waals surface area contributed by atoms with E-state index < -0.39 is 6.10 Å². The minimum Gasteiger partial charge on any atom is -0.491 e. The number of aliphatic hydroxyl groups is 1. The summed E-state index contributed by atoms with van der Waals surface area (Å²) in [4.78, 5) is 3.59. The normalized spacial score (nSPS) is 17.8. The van der Waals surface area contributed by atoms with E-state index in [2.05, 4.69) is 4.90 Å². The van der Waals surface area contributed by atoms with Crippen LogP contribution in [0, 0.1) is 5.82 Å². The maximum absolute atomic E-state index is 13.0. The Morgan fingerprint density at radius 1 is 1.07 bits per heavy atom. The second-order valence-corrected chi connectivity index (χ2v) is 6.90. The van der Waals surface area contributed by atoms with Crippen LogP contribution in [0.4, 0.5) is 10.1 Å². The van der Waals surface area contributed by atoms with Gasteiger partial charge >= 0.3 is 0 Å². The van der Waals surface area contributed by atoms with Crippen LogP contribution in [0.5, 0.6) is 17.2 Å². The van der Waals surface area contributed by atoms with E-state index in [0.29, 0.717) is 23.8 Å². The van der Waals surface area contributed by atoms with Crippen molar-refractivity contribution >= 4 is 5.69 Å². The summed E-state index contributed by atoms with van der Waals surface area (Å²) in [5.41, 5.74) is 1.04. The Balaban J connectivity index is 1.21. The van der Waals surface area contributed by atoms with Gasteiger partial charge in [0.25, 0.3) is 0 Å². The Morgan fingerprint density at radius 2 is 1.81 bits per heavy atom. The molecule has 1 saturated heterocycles. The molecule has 0 radical (unpaired) electrons. The van der Waals surface area contributed by atoms with E-state index >= 15 is 0 Å². The Labute approximate surface area is 157 Å². The molecule has 2 heterocycles. The Bertz CT molecular complexity index is 763. The standard InChI is InChI=1S/C20H23FN2O4/c21-15-1-3-16(4-2-15)23-9-7-22(8-10-23)12-17(24)13-25-18-5-6-19-20(11-18)27-14-26-19/h1-6,11,17,24H,7-10,12-14H2/p+1/t17-/m0/s1. The largest absolute Gasteiger partial charge is 0.491 e. The number of quaternary nitrogens is 1. The van der Waals surface area contributed by atoms with Gasteiger partial charge in [0.15, 0.2) is 11.5 Å². The quantitative estimate of drug-likeness (QED) is 0.779. The third kappa shape index (κ3) is 4.43. The Morgan fingerprint density at radius 3 is 2.59 bits per heavy atom. The SMILES string of the molecule is O[C@H](COc1ccc2c(c1)OCO2)C[NH+]1CCN(c2ccc(F)cc2)CC1.